The van der Waals surface area contributed by atoms with E-state index in [2.05, 4.69) is 0 Å². The van der Waals surface area contributed by atoms with Gasteiger partial charge in [-0.1, -0.05) is 23.2 Å². The Bertz CT molecular complexity index is 461. The molecule has 1 rings (SSSR count). The van der Waals surface area contributed by atoms with Crippen LogP contribution in [0, 0.1) is 0 Å². The molecule has 114 valence electrons. The highest BCUT2D eigenvalue weighted by atomic mass is 35.5. The summed E-state index contributed by atoms with van der Waals surface area (Å²) in [6.07, 6.45) is 0. The highest BCUT2D eigenvalue weighted by Crippen LogP contribution is 2.26. The fourth-order valence-corrected chi connectivity index (χ4v) is 1.35. The second-order valence-corrected chi connectivity index (χ2v) is 4.52. The number of halogens is 5. The summed E-state index contributed by atoms with van der Waals surface area (Å²) >= 11 is 11.4. The van der Waals surface area contributed by atoms with Crippen LogP contribution in [0.15, 0.2) is 18.2 Å². The van der Waals surface area contributed by atoms with E-state index in [1.807, 2.05) is 5.32 Å². The van der Waals surface area contributed by atoms with Gasteiger partial charge < -0.3 is 15.8 Å². The lowest BCUT2D eigenvalue weighted by molar-refractivity contribution is -0.124. The fraction of sp³-hybridized carbons (Fsp3) is 0.364. The molecule has 0 saturated carbocycles. The summed E-state index contributed by atoms with van der Waals surface area (Å²) in [4.78, 5) is 11.3. The molecule has 0 aliphatic heterocycles. The topological polar surface area (TPSA) is 64.3 Å². The standard InChI is InChI=1S/C11H12Cl2F2N2O2.ClH/c12-8-2-1-7(3-9(8)13)19-4-10(18)17-6-11(14,15)5-16;/h1-3H,4-6,16H2,(H,17,18);1H. The van der Waals surface area contributed by atoms with Crippen molar-refractivity contribution in [1.29, 1.82) is 0 Å². The average molecular weight is 350 g/mol. The SMILES string of the molecule is Cl.NCC(F)(F)CNC(=O)COc1ccc(Cl)c(Cl)c1. The van der Waals surface area contributed by atoms with Crippen molar-refractivity contribution >= 4 is 41.5 Å². The van der Waals surface area contributed by atoms with E-state index in [1.165, 1.54) is 18.2 Å². The smallest absolute Gasteiger partial charge is 0.277 e. The second-order valence-electron chi connectivity index (χ2n) is 3.70. The van der Waals surface area contributed by atoms with E-state index in [0.29, 0.717) is 10.8 Å². The number of amides is 1. The molecular weight excluding hydrogens is 336 g/mol. The summed E-state index contributed by atoms with van der Waals surface area (Å²) in [6.45, 7) is -2.06. The zero-order chi connectivity index (χ0) is 14.5. The van der Waals surface area contributed by atoms with Crippen LogP contribution in [0.25, 0.3) is 0 Å². The molecule has 0 fully saturated rings. The van der Waals surface area contributed by atoms with Gasteiger partial charge in [0.15, 0.2) is 6.61 Å². The predicted octanol–water partition coefficient (Wildman–Crippen LogP) is 2.50. The Morgan fingerprint density at radius 1 is 1.35 bits per heavy atom. The van der Waals surface area contributed by atoms with Crippen LogP contribution < -0.4 is 15.8 Å². The van der Waals surface area contributed by atoms with Crippen molar-refractivity contribution in [2.24, 2.45) is 5.73 Å². The first-order valence-corrected chi connectivity index (χ1v) is 6.02. The van der Waals surface area contributed by atoms with E-state index in [-0.39, 0.29) is 17.4 Å². The minimum absolute atomic E-state index is 0. The maximum Gasteiger partial charge on any atom is 0.277 e. The molecule has 1 aromatic rings. The van der Waals surface area contributed by atoms with E-state index in [9.17, 15) is 13.6 Å². The van der Waals surface area contributed by atoms with Gasteiger partial charge in [0.1, 0.15) is 5.75 Å². The van der Waals surface area contributed by atoms with Crippen LogP contribution in [-0.4, -0.2) is 31.5 Å². The third-order valence-electron chi connectivity index (χ3n) is 2.10. The van der Waals surface area contributed by atoms with Gasteiger partial charge in [0.05, 0.1) is 23.1 Å². The molecule has 4 nitrogen and oxygen atoms in total. The summed E-state index contributed by atoms with van der Waals surface area (Å²) < 4.78 is 30.6. The summed E-state index contributed by atoms with van der Waals surface area (Å²) in [6, 6.07) is 4.43. The molecule has 0 atom stereocenters. The first-order chi connectivity index (χ1) is 8.84. The van der Waals surface area contributed by atoms with E-state index < -0.39 is 31.5 Å². The molecule has 0 heterocycles. The quantitative estimate of drug-likeness (QED) is 0.829. The Balaban J connectivity index is 0.00000361. The van der Waals surface area contributed by atoms with Gasteiger partial charge >= 0.3 is 0 Å². The van der Waals surface area contributed by atoms with Gasteiger partial charge in [-0.15, -0.1) is 12.4 Å². The van der Waals surface area contributed by atoms with E-state index in [0.717, 1.165) is 0 Å². The first-order valence-electron chi connectivity index (χ1n) is 5.26. The number of carbonyl (C=O) groups is 1. The summed E-state index contributed by atoms with van der Waals surface area (Å²) in [5.74, 6) is -3.49. The van der Waals surface area contributed by atoms with Crippen molar-refractivity contribution in [2.75, 3.05) is 19.7 Å². The Morgan fingerprint density at radius 3 is 2.55 bits per heavy atom. The predicted molar refractivity (Wildman–Crippen MR) is 76.2 cm³/mol. The van der Waals surface area contributed by atoms with Crippen LogP contribution in [0.5, 0.6) is 5.75 Å². The Morgan fingerprint density at radius 2 is 2.00 bits per heavy atom. The van der Waals surface area contributed by atoms with E-state index in [1.54, 1.807) is 0 Å². The number of nitrogens with one attached hydrogen (secondary N) is 1. The lowest BCUT2D eigenvalue weighted by atomic mass is 10.3. The molecule has 0 saturated heterocycles. The van der Waals surface area contributed by atoms with Gasteiger partial charge in [0.2, 0.25) is 0 Å². The molecule has 3 N–H and O–H groups in total. The Kier molecular flexibility index (Phi) is 8.12. The van der Waals surface area contributed by atoms with Gasteiger partial charge in [-0.3, -0.25) is 4.79 Å². The number of hydrogen-bond donors (Lipinski definition) is 2. The number of alkyl halides is 2. The minimum Gasteiger partial charge on any atom is -0.484 e. The molecule has 0 radical (unpaired) electrons. The third-order valence-corrected chi connectivity index (χ3v) is 2.84. The second kappa shape index (κ2) is 8.46. The zero-order valence-electron chi connectivity index (χ0n) is 10.2. The molecule has 0 unspecified atom stereocenters. The summed E-state index contributed by atoms with van der Waals surface area (Å²) in [5, 5.41) is 2.64. The molecule has 0 aromatic heterocycles. The van der Waals surface area contributed by atoms with Crippen molar-refractivity contribution in [3.63, 3.8) is 0 Å². The summed E-state index contributed by atoms with van der Waals surface area (Å²) in [5.41, 5.74) is 4.83. The lowest BCUT2D eigenvalue weighted by Gasteiger charge is -2.14. The van der Waals surface area contributed by atoms with Crippen molar-refractivity contribution < 1.29 is 18.3 Å². The minimum atomic E-state index is -3.13. The van der Waals surface area contributed by atoms with Gasteiger partial charge in [0.25, 0.3) is 11.8 Å². The first kappa shape index (κ1) is 19.2. The zero-order valence-corrected chi connectivity index (χ0v) is 12.5. The number of rotatable bonds is 6. The Labute approximate surface area is 131 Å². The maximum absolute atomic E-state index is 12.8. The molecule has 20 heavy (non-hydrogen) atoms. The Hall–Kier alpha value is -0.820. The van der Waals surface area contributed by atoms with Gasteiger partial charge in [-0.2, -0.15) is 0 Å². The van der Waals surface area contributed by atoms with Crippen LogP contribution in [0.2, 0.25) is 10.0 Å². The van der Waals surface area contributed by atoms with E-state index in [4.69, 9.17) is 33.7 Å². The molecule has 1 amide bonds. The van der Waals surface area contributed by atoms with Gasteiger partial charge in [0, 0.05) is 6.07 Å². The van der Waals surface area contributed by atoms with Crippen LogP contribution in [0.1, 0.15) is 0 Å². The van der Waals surface area contributed by atoms with Crippen LogP contribution in [-0.2, 0) is 4.79 Å². The monoisotopic (exact) mass is 348 g/mol. The third kappa shape index (κ3) is 6.56. The highest BCUT2D eigenvalue weighted by molar-refractivity contribution is 6.42. The van der Waals surface area contributed by atoms with Crippen molar-refractivity contribution in [3.8, 4) is 5.75 Å². The van der Waals surface area contributed by atoms with Gasteiger partial charge in [-0.25, -0.2) is 8.78 Å². The molecule has 1 aromatic carbocycles. The molecular formula is C11H13Cl3F2N2O2. The van der Waals surface area contributed by atoms with Crippen LogP contribution >= 0.6 is 35.6 Å². The van der Waals surface area contributed by atoms with Crippen molar-refractivity contribution in [1.82, 2.24) is 5.32 Å². The molecule has 0 bridgehead atoms. The maximum atomic E-state index is 12.8. The van der Waals surface area contributed by atoms with Crippen molar-refractivity contribution in [2.45, 2.75) is 5.92 Å². The average Bonchev–Trinajstić information content (AvgIpc) is 2.38. The van der Waals surface area contributed by atoms with E-state index >= 15 is 0 Å². The molecule has 0 spiro atoms. The van der Waals surface area contributed by atoms with Crippen molar-refractivity contribution in [3.05, 3.63) is 28.2 Å². The number of hydrogen-bond acceptors (Lipinski definition) is 3. The van der Waals surface area contributed by atoms with Crippen LogP contribution in [0.4, 0.5) is 8.78 Å². The highest BCUT2D eigenvalue weighted by Gasteiger charge is 2.27. The molecule has 0 aliphatic carbocycles. The molecule has 9 heteroatoms. The van der Waals surface area contributed by atoms with Crippen LogP contribution in [0.3, 0.4) is 0 Å². The lowest BCUT2D eigenvalue weighted by Crippen LogP contribution is -2.43. The number of carbonyl (C=O) groups excluding carboxylic acids is 1. The largest absolute Gasteiger partial charge is 0.484 e. The fourth-order valence-electron chi connectivity index (χ4n) is 1.07. The summed E-state index contributed by atoms with van der Waals surface area (Å²) in [7, 11) is 0. The molecule has 0 aliphatic rings. The number of ether oxygens (including phenoxy) is 1. The number of benzene rings is 1. The normalized spacial score (nSPS) is 10.7. The number of nitrogens with two attached hydrogens (primary N) is 1. The van der Waals surface area contributed by atoms with Gasteiger partial charge in [-0.05, 0) is 12.1 Å².